The number of hydrogen-bond acceptors (Lipinski definition) is 2. The van der Waals surface area contributed by atoms with Crippen molar-refractivity contribution >= 4 is 27.7 Å². The molecule has 0 aliphatic rings. The Bertz CT molecular complexity index is 505. The zero-order valence-electron chi connectivity index (χ0n) is 14.1. The van der Waals surface area contributed by atoms with E-state index in [1.807, 2.05) is 45.0 Å². The lowest BCUT2D eigenvalue weighted by Crippen LogP contribution is -3.14. The Kier molecular flexibility index (Phi) is 8.87. The van der Waals surface area contributed by atoms with Gasteiger partial charge in [0.1, 0.15) is 0 Å². The first-order valence-corrected chi connectivity index (χ1v) is 8.94. The highest BCUT2D eigenvalue weighted by Gasteiger charge is 2.19. The maximum atomic E-state index is 12.3. The van der Waals surface area contributed by atoms with Crippen LogP contribution in [0.25, 0.3) is 0 Å². The van der Waals surface area contributed by atoms with Gasteiger partial charge in [0.2, 0.25) is 0 Å². The molecule has 6 heteroatoms. The Morgan fingerprint density at radius 1 is 1.09 bits per heavy atom. The molecule has 1 aromatic carbocycles. The van der Waals surface area contributed by atoms with Crippen molar-refractivity contribution in [2.24, 2.45) is 0 Å². The number of nitrogens with one attached hydrogen (secondary N) is 3. The molecule has 0 saturated carbocycles. The summed E-state index contributed by atoms with van der Waals surface area (Å²) < 4.78 is 1.02. The van der Waals surface area contributed by atoms with Crippen LogP contribution in [0.5, 0.6) is 0 Å². The van der Waals surface area contributed by atoms with Crippen molar-refractivity contribution in [3.05, 3.63) is 34.3 Å². The second-order valence-corrected chi connectivity index (χ2v) is 6.41. The lowest BCUT2D eigenvalue weighted by Gasteiger charge is -2.20. The molecule has 0 fully saturated rings. The third-order valence-electron chi connectivity index (χ3n) is 3.71. The Labute approximate surface area is 146 Å². The lowest BCUT2D eigenvalue weighted by molar-refractivity contribution is -0.881. The van der Waals surface area contributed by atoms with Gasteiger partial charge in [-0.25, -0.2) is 0 Å². The number of carbonyl (C=O) groups excluding carboxylic acids is 2. The Morgan fingerprint density at radius 3 is 2.22 bits per heavy atom. The van der Waals surface area contributed by atoms with E-state index >= 15 is 0 Å². The molecule has 2 atom stereocenters. The maximum absolute atomic E-state index is 12.3. The number of halogens is 1. The highest BCUT2D eigenvalue weighted by atomic mass is 79.9. The molecule has 0 radical (unpaired) electrons. The number of rotatable bonds is 9. The monoisotopic (exact) mass is 384 g/mol. The molecule has 1 aromatic rings. The molecule has 1 rings (SSSR count). The van der Waals surface area contributed by atoms with Crippen LogP contribution in [0, 0.1) is 0 Å². The van der Waals surface area contributed by atoms with Gasteiger partial charge in [0.15, 0.2) is 13.1 Å². The van der Waals surface area contributed by atoms with Crippen LogP contribution in [0.2, 0.25) is 0 Å². The average Bonchev–Trinajstić information content (AvgIpc) is 2.53. The molecule has 5 nitrogen and oxygen atoms in total. The van der Waals surface area contributed by atoms with Crippen LogP contribution < -0.4 is 15.5 Å². The van der Waals surface area contributed by atoms with Gasteiger partial charge < -0.3 is 15.5 Å². The van der Waals surface area contributed by atoms with E-state index in [1.165, 1.54) is 0 Å². The van der Waals surface area contributed by atoms with Crippen molar-refractivity contribution in [1.82, 2.24) is 10.6 Å². The van der Waals surface area contributed by atoms with E-state index in [0.717, 1.165) is 27.9 Å². The SMILES string of the molecule is CCNC(=O)C[NH+](CC)CC(=O)N[C@H](CC)c1ccc(Br)cc1. The van der Waals surface area contributed by atoms with Crippen LogP contribution in [0.1, 0.15) is 38.8 Å². The molecule has 1 unspecified atom stereocenters. The topological polar surface area (TPSA) is 62.6 Å². The predicted molar refractivity (Wildman–Crippen MR) is 95.2 cm³/mol. The van der Waals surface area contributed by atoms with E-state index < -0.39 is 0 Å². The Balaban J connectivity index is 2.58. The number of amides is 2. The number of likely N-dealkylation sites (N-methyl/N-ethyl adjacent to an activating group) is 2. The van der Waals surface area contributed by atoms with Gasteiger partial charge in [0.25, 0.3) is 11.8 Å². The van der Waals surface area contributed by atoms with Crippen molar-refractivity contribution in [2.75, 3.05) is 26.2 Å². The summed E-state index contributed by atoms with van der Waals surface area (Å²) in [5.41, 5.74) is 1.09. The normalized spacial score (nSPS) is 13.2. The second kappa shape index (κ2) is 10.4. The molecule has 0 aliphatic carbocycles. The lowest BCUT2D eigenvalue weighted by atomic mass is 10.0. The van der Waals surface area contributed by atoms with Crippen LogP contribution in [0.15, 0.2) is 28.7 Å². The first kappa shape index (κ1) is 19.6. The highest BCUT2D eigenvalue weighted by Crippen LogP contribution is 2.19. The summed E-state index contributed by atoms with van der Waals surface area (Å²) in [5.74, 6) is -0.0435. The number of quaternary nitrogens is 1. The van der Waals surface area contributed by atoms with Gasteiger partial charge in [0.05, 0.1) is 12.6 Å². The van der Waals surface area contributed by atoms with Crippen molar-refractivity contribution in [2.45, 2.75) is 33.2 Å². The summed E-state index contributed by atoms with van der Waals surface area (Å²) in [6.45, 7) is 7.90. The molecule has 2 amide bonds. The van der Waals surface area contributed by atoms with Crippen molar-refractivity contribution in [3.8, 4) is 0 Å². The number of benzene rings is 1. The van der Waals surface area contributed by atoms with Crippen molar-refractivity contribution in [1.29, 1.82) is 0 Å². The molecule has 128 valence electrons. The fraction of sp³-hybridized carbons (Fsp3) is 0.529. The summed E-state index contributed by atoms with van der Waals surface area (Å²) in [5, 5.41) is 5.84. The predicted octanol–water partition coefficient (Wildman–Crippen LogP) is 1.06. The Morgan fingerprint density at radius 2 is 1.70 bits per heavy atom. The van der Waals surface area contributed by atoms with E-state index in [1.54, 1.807) is 0 Å². The van der Waals surface area contributed by atoms with E-state index in [2.05, 4.69) is 26.6 Å². The van der Waals surface area contributed by atoms with Crippen LogP contribution >= 0.6 is 15.9 Å². The van der Waals surface area contributed by atoms with Gasteiger partial charge in [-0.15, -0.1) is 0 Å². The van der Waals surface area contributed by atoms with E-state index in [9.17, 15) is 9.59 Å². The van der Waals surface area contributed by atoms with Gasteiger partial charge in [-0.1, -0.05) is 35.0 Å². The summed E-state index contributed by atoms with van der Waals surface area (Å²) >= 11 is 3.42. The first-order valence-electron chi connectivity index (χ1n) is 8.15. The number of hydrogen-bond donors (Lipinski definition) is 3. The van der Waals surface area contributed by atoms with Crippen molar-refractivity contribution < 1.29 is 14.5 Å². The zero-order chi connectivity index (χ0) is 17.2. The van der Waals surface area contributed by atoms with Crippen LogP contribution in [-0.2, 0) is 9.59 Å². The minimum atomic E-state index is -0.0269. The molecule has 0 aromatic heterocycles. The summed E-state index contributed by atoms with van der Waals surface area (Å²) in [6.07, 6.45) is 0.825. The first-order chi connectivity index (χ1) is 11.0. The molecular formula is C17H27BrN3O2+. The highest BCUT2D eigenvalue weighted by molar-refractivity contribution is 9.10. The number of carbonyl (C=O) groups is 2. The largest absolute Gasteiger partial charge is 0.351 e. The fourth-order valence-electron chi connectivity index (χ4n) is 2.39. The van der Waals surface area contributed by atoms with Gasteiger partial charge >= 0.3 is 0 Å². The van der Waals surface area contributed by atoms with E-state index in [-0.39, 0.29) is 17.9 Å². The molecule has 0 saturated heterocycles. The minimum absolute atomic E-state index is 0.00169. The molecule has 23 heavy (non-hydrogen) atoms. The average molecular weight is 385 g/mol. The molecular weight excluding hydrogens is 358 g/mol. The maximum Gasteiger partial charge on any atom is 0.275 e. The van der Waals surface area contributed by atoms with Crippen LogP contribution in [0.4, 0.5) is 0 Å². The van der Waals surface area contributed by atoms with Gasteiger partial charge in [-0.3, -0.25) is 9.59 Å². The van der Waals surface area contributed by atoms with Crippen LogP contribution in [0.3, 0.4) is 0 Å². The third kappa shape index (κ3) is 7.14. The van der Waals surface area contributed by atoms with Crippen molar-refractivity contribution in [3.63, 3.8) is 0 Å². The standard InChI is InChI=1S/C17H26BrN3O2/c1-4-15(13-7-9-14(18)10-8-13)20-17(23)12-21(6-3)11-16(22)19-5-2/h7-10,15H,4-6,11-12H2,1-3H3,(H,19,22)(H,20,23)/p+1/t15-/m1/s1. The smallest absolute Gasteiger partial charge is 0.275 e. The molecule has 0 spiro atoms. The molecule has 0 bridgehead atoms. The quantitative estimate of drug-likeness (QED) is 0.595. The van der Waals surface area contributed by atoms with Crippen LogP contribution in [-0.4, -0.2) is 38.0 Å². The summed E-state index contributed by atoms with van der Waals surface area (Å²) in [7, 11) is 0. The molecule has 0 heterocycles. The second-order valence-electron chi connectivity index (χ2n) is 5.49. The van der Waals surface area contributed by atoms with Gasteiger partial charge in [0, 0.05) is 11.0 Å². The molecule has 3 N–H and O–H groups in total. The molecule has 0 aliphatic heterocycles. The van der Waals surface area contributed by atoms with Gasteiger partial charge in [-0.05, 0) is 38.0 Å². The Hall–Kier alpha value is -1.40. The fourth-order valence-corrected chi connectivity index (χ4v) is 2.65. The van der Waals surface area contributed by atoms with Gasteiger partial charge in [-0.2, -0.15) is 0 Å². The van der Waals surface area contributed by atoms with E-state index in [4.69, 9.17) is 0 Å². The third-order valence-corrected chi connectivity index (χ3v) is 4.24. The minimum Gasteiger partial charge on any atom is -0.351 e. The summed E-state index contributed by atoms with van der Waals surface area (Å²) in [4.78, 5) is 24.9. The summed E-state index contributed by atoms with van der Waals surface area (Å²) in [6, 6.07) is 7.97. The van der Waals surface area contributed by atoms with E-state index in [0.29, 0.717) is 19.6 Å². The zero-order valence-corrected chi connectivity index (χ0v) is 15.7.